The maximum atomic E-state index is 5.63. The second-order valence-electron chi connectivity index (χ2n) is 4.29. The Kier molecular flexibility index (Phi) is 3.77. The summed E-state index contributed by atoms with van der Waals surface area (Å²) in [5.74, 6) is 0.666. The number of hydrogen-bond acceptors (Lipinski definition) is 5. The Morgan fingerprint density at radius 1 is 1.44 bits per heavy atom. The van der Waals surface area contributed by atoms with Gasteiger partial charge in [0.1, 0.15) is 0 Å². The van der Waals surface area contributed by atoms with Crippen LogP contribution in [0.25, 0.3) is 0 Å². The SMILES string of the molecule is CCCCN(c1nnc(CNC)o1)C1CC1. The average molecular weight is 224 g/mol. The highest BCUT2D eigenvalue weighted by Gasteiger charge is 2.31. The fourth-order valence-corrected chi connectivity index (χ4v) is 1.73. The fourth-order valence-electron chi connectivity index (χ4n) is 1.73. The van der Waals surface area contributed by atoms with Gasteiger partial charge >= 0.3 is 6.01 Å². The second-order valence-corrected chi connectivity index (χ2v) is 4.29. The van der Waals surface area contributed by atoms with Crippen LogP contribution in [0.2, 0.25) is 0 Å². The fraction of sp³-hybridized carbons (Fsp3) is 0.818. The van der Waals surface area contributed by atoms with Crippen LogP contribution in [0.1, 0.15) is 38.5 Å². The van der Waals surface area contributed by atoms with Crippen LogP contribution in [0.15, 0.2) is 4.42 Å². The molecule has 1 heterocycles. The Morgan fingerprint density at radius 3 is 2.88 bits per heavy atom. The van der Waals surface area contributed by atoms with Gasteiger partial charge in [-0.25, -0.2) is 0 Å². The third-order valence-electron chi connectivity index (χ3n) is 2.77. The number of aromatic nitrogens is 2. The van der Waals surface area contributed by atoms with E-state index < -0.39 is 0 Å². The molecule has 0 aliphatic heterocycles. The molecule has 5 heteroatoms. The van der Waals surface area contributed by atoms with Gasteiger partial charge in [0, 0.05) is 12.6 Å². The van der Waals surface area contributed by atoms with E-state index in [-0.39, 0.29) is 0 Å². The van der Waals surface area contributed by atoms with E-state index in [2.05, 4.69) is 27.3 Å². The van der Waals surface area contributed by atoms with Crippen LogP contribution in [0, 0.1) is 0 Å². The summed E-state index contributed by atoms with van der Waals surface area (Å²) in [6.07, 6.45) is 4.89. The molecule has 0 saturated heterocycles. The molecule has 2 rings (SSSR count). The Labute approximate surface area is 96.2 Å². The average Bonchev–Trinajstić information content (AvgIpc) is 3.01. The molecule has 0 aromatic carbocycles. The van der Waals surface area contributed by atoms with Gasteiger partial charge in [-0.05, 0) is 26.3 Å². The Balaban J connectivity index is 1.99. The first-order chi connectivity index (χ1) is 7.85. The summed E-state index contributed by atoms with van der Waals surface area (Å²) in [6.45, 7) is 3.87. The van der Waals surface area contributed by atoms with Crippen LogP contribution < -0.4 is 10.2 Å². The van der Waals surface area contributed by atoms with Crippen molar-refractivity contribution in [3.63, 3.8) is 0 Å². The molecular weight excluding hydrogens is 204 g/mol. The summed E-state index contributed by atoms with van der Waals surface area (Å²) in [5, 5.41) is 11.2. The van der Waals surface area contributed by atoms with Crippen LogP contribution in [0.4, 0.5) is 6.01 Å². The molecule has 1 N–H and O–H groups in total. The number of nitrogens with zero attached hydrogens (tertiary/aromatic N) is 3. The van der Waals surface area contributed by atoms with Crippen molar-refractivity contribution < 1.29 is 4.42 Å². The smallest absolute Gasteiger partial charge is 0.318 e. The minimum atomic E-state index is 0.634. The summed E-state index contributed by atoms with van der Waals surface area (Å²) in [4.78, 5) is 2.26. The monoisotopic (exact) mass is 224 g/mol. The van der Waals surface area contributed by atoms with Crippen molar-refractivity contribution in [3.05, 3.63) is 5.89 Å². The van der Waals surface area contributed by atoms with E-state index in [9.17, 15) is 0 Å². The lowest BCUT2D eigenvalue weighted by Crippen LogP contribution is -2.27. The highest BCUT2D eigenvalue weighted by Crippen LogP contribution is 2.31. The second kappa shape index (κ2) is 5.30. The molecule has 0 amide bonds. The highest BCUT2D eigenvalue weighted by molar-refractivity contribution is 5.29. The van der Waals surface area contributed by atoms with Gasteiger partial charge in [0.15, 0.2) is 0 Å². The lowest BCUT2D eigenvalue weighted by Gasteiger charge is -2.18. The first kappa shape index (κ1) is 11.4. The third kappa shape index (κ3) is 2.72. The molecule has 1 aliphatic carbocycles. The Morgan fingerprint density at radius 2 is 2.25 bits per heavy atom. The quantitative estimate of drug-likeness (QED) is 0.761. The Hall–Kier alpha value is -1.10. The van der Waals surface area contributed by atoms with Crippen molar-refractivity contribution in [3.8, 4) is 0 Å². The molecule has 90 valence electrons. The van der Waals surface area contributed by atoms with Gasteiger partial charge in [-0.15, -0.1) is 5.10 Å². The summed E-state index contributed by atoms with van der Waals surface area (Å²) < 4.78 is 5.63. The minimum Gasteiger partial charge on any atom is -0.407 e. The molecule has 1 aliphatic rings. The van der Waals surface area contributed by atoms with Crippen molar-refractivity contribution in [1.29, 1.82) is 0 Å². The summed E-state index contributed by atoms with van der Waals surface area (Å²) >= 11 is 0. The number of anilines is 1. The van der Waals surface area contributed by atoms with E-state index in [0.717, 1.165) is 6.54 Å². The highest BCUT2D eigenvalue weighted by atomic mass is 16.4. The van der Waals surface area contributed by atoms with Gasteiger partial charge < -0.3 is 14.6 Å². The number of hydrogen-bond donors (Lipinski definition) is 1. The van der Waals surface area contributed by atoms with Gasteiger partial charge in [0.25, 0.3) is 0 Å². The molecule has 1 aromatic heterocycles. The molecule has 0 atom stereocenters. The van der Waals surface area contributed by atoms with Crippen LogP contribution in [-0.2, 0) is 6.54 Å². The third-order valence-corrected chi connectivity index (χ3v) is 2.77. The number of rotatable bonds is 7. The van der Waals surface area contributed by atoms with E-state index in [4.69, 9.17) is 4.42 Å². The van der Waals surface area contributed by atoms with Gasteiger partial charge in [-0.1, -0.05) is 18.4 Å². The van der Waals surface area contributed by atoms with Crippen molar-refractivity contribution in [2.24, 2.45) is 0 Å². The molecule has 0 radical (unpaired) electrons. The van der Waals surface area contributed by atoms with Gasteiger partial charge in [-0.3, -0.25) is 0 Å². The van der Waals surface area contributed by atoms with Gasteiger partial charge in [0.05, 0.1) is 6.54 Å². The summed E-state index contributed by atoms with van der Waals surface area (Å²) in [7, 11) is 1.87. The molecule has 1 aromatic rings. The molecule has 0 bridgehead atoms. The molecule has 1 saturated carbocycles. The molecule has 5 nitrogen and oxygen atoms in total. The maximum Gasteiger partial charge on any atom is 0.318 e. The Bertz CT molecular complexity index is 322. The van der Waals surface area contributed by atoms with Crippen molar-refractivity contribution in [1.82, 2.24) is 15.5 Å². The zero-order valence-electron chi connectivity index (χ0n) is 10.1. The van der Waals surface area contributed by atoms with Crippen LogP contribution in [0.3, 0.4) is 0 Å². The van der Waals surface area contributed by atoms with Crippen LogP contribution in [-0.4, -0.2) is 29.8 Å². The van der Waals surface area contributed by atoms with E-state index in [1.165, 1.54) is 25.7 Å². The van der Waals surface area contributed by atoms with E-state index in [0.29, 0.717) is 24.5 Å². The van der Waals surface area contributed by atoms with E-state index in [1.54, 1.807) is 0 Å². The van der Waals surface area contributed by atoms with E-state index >= 15 is 0 Å². The zero-order chi connectivity index (χ0) is 11.4. The summed E-state index contributed by atoms with van der Waals surface area (Å²) in [6, 6.07) is 1.33. The first-order valence-corrected chi connectivity index (χ1v) is 6.08. The largest absolute Gasteiger partial charge is 0.407 e. The maximum absolute atomic E-state index is 5.63. The molecule has 0 unspecified atom stereocenters. The predicted molar refractivity (Wildman–Crippen MR) is 62.3 cm³/mol. The van der Waals surface area contributed by atoms with Crippen molar-refractivity contribution in [2.45, 2.75) is 45.2 Å². The zero-order valence-corrected chi connectivity index (χ0v) is 10.1. The molecule has 1 fully saturated rings. The standard InChI is InChI=1S/C11H20N4O/c1-3-4-7-15(9-5-6-9)11-14-13-10(16-11)8-12-2/h9,12H,3-8H2,1-2H3. The summed E-state index contributed by atoms with van der Waals surface area (Å²) in [5.41, 5.74) is 0. The molecular formula is C11H20N4O. The predicted octanol–water partition coefficient (Wildman–Crippen LogP) is 1.56. The topological polar surface area (TPSA) is 54.2 Å². The van der Waals surface area contributed by atoms with Crippen molar-refractivity contribution in [2.75, 3.05) is 18.5 Å². The van der Waals surface area contributed by atoms with Crippen molar-refractivity contribution >= 4 is 6.01 Å². The lowest BCUT2D eigenvalue weighted by atomic mass is 10.3. The number of unbranched alkanes of at least 4 members (excludes halogenated alkanes) is 1. The van der Waals surface area contributed by atoms with Gasteiger partial charge in [-0.2, -0.15) is 0 Å². The van der Waals surface area contributed by atoms with Crippen LogP contribution in [0.5, 0.6) is 0 Å². The molecule has 16 heavy (non-hydrogen) atoms. The first-order valence-electron chi connectivity index (χ1n) is 6.08. The minimum absolute atomic E-state index is 0.634. The lowest BCUT2D eigenvalue weighted by molar-refractivity contribution is 0.467. The van der Waals surface area contributed by atoms with Gasteiger partial charge in [0.2, 0.25) is 5.89 Å². The van der Waals surface area contributed by atoms with E-state index in [1.807, 2.05) is 7.05 Å². The normalized spacial score (nSPS) is 15.4. The number of nitrogens with one attached hydrogen (secondary N) is 1. The van der Waals surface area contributed by atoms with Crippen LogP contribution >= 0.6 is 0 Å². The molecule has 0 spiro atoms.